The molecule has 0 saturated carbocycles. The minimum absolute atomic E-state index is 0.0926. The molecule has 0 atom stereocenters. The van der Waals surface area contributed by atoms with Crippen molar-refractivity contribution in [2.24, 2.45) is 5.14 Å². The molecule has 2 aromatic heterocycles. The van der Waals surface area contributed by atoms with Crippen molar-refractivity contribution in [1.29, 1.82) is 0 Å². The molecule has 2 N–H and O–H groups in total. The number of hydrogen-bond acceptors (Lipinski definition) is 5. The predicted octanol–water partition coefficient (Wildman–Crippen LogP) is 3.51. The molecule has 186 valence electrons. The molecule has 2 heterocycles. The molecule has 0 fully saturated rings. The SMILES string of the molecule is Cc1c(-c2cn(CCS(C)(=O)=O)cn2)c2cc(S(N)(=O)=O)ccc2n1-c1ccc(C(F)(F)F)cc1. The lowest BCUT2D eigenvalue weighted by Gasteiger charge is -2.11. The van der Waals surface area contributed by atoms with Crippen LogP contribution in [0.2, 0.25) is 0 Å². The number of nitrogens with zero attached hydrogens (tertiary/aromatic N) is 3. The summed E-state index contributed by atoms with van der Waals surface area (Å²) in [5.41, 5.74) is 1.76. The Hall–Kier alpha value is -3.16. The number of rotatable bonds is 6. The van der Waals surface area contributed by atoms with Crippen LogP contribution in [0.5, 0.6) is 0 Å². The van der Waals surface area contributed by atoms with Crippen molar-refractivity contribution in [3.8, 4) is 16.9 Å². The average Bonchev–Trinajstić information content (AvgIpc) is 3.31. The van der Waals surface area contributed by atoms with E-state index in [1.165, 1.54) is 36.7 Å². The number of sulfone groups is 1. The lowest BCUT2D eigenvalue weighted by molar-refractivity contribution is -0.137. The molecular weight excluding hydrogens is 505 g/mol. The molecule has 2 aromatic carbocycles. The average molecular weight is 527 g/mol. The van der Waals surface area contributed by atoms with Gasteiger partial charge in [0.05, 0.1) is 33.7 Å². The van der Waals surface area contributed by atoms with E-state index in [4.69, 9.17) is 5.14 Å². The maximum Gasteiger partial charge on any atom is 0.416 e. The lowest BCUT2D eigenvalue weighted by Crippen LogP contribution is -2.11. The van der Waals surface area contributed by atoms with Crippen LogP contribution in [-0.2, 0) is 32.6 Å². The molecule has 0 spiro atoms. The summed E-state index contributed by atoms with van der Waals surface area (Å²) in [6.07, 6.45) is -0.263. The Morgan fingerprint density at radius 3 is 2.26 bits per heavy atom. The van der Waals surface area contributed by atoms with E-state index in [2.05, 4.69) is 4.98 Å². The van der Waals surface area contributed by atoms with E-state index in [0.29, 0.717) is 33.5 Å². The van der Waals surface area contributed by atoms with Crippen LogP contribution in [0.1, 0.15) is 11.3 Å². The molecule has 0 radical (unpaired) electrons. The minimum atomic E-state index is -4.49. The van der Waals surface area contributed by atoms with Crippen LogP contribution in [0.4, 0.5) is 13.2 Å². The largest absolute Gasteiger partial charge is 0.416 e. The normalized spacial score (nSPS) is 13.0. The number of fused-ring (bicyclic) bond motifs is 1. The molecule has 0 saturated heterocycles. The Morgan fingerprint density at radius 1 is 1.03 bits per heavy atom. The van der Waals surface area contributed by atoms with E-state index in [9.17, 15) is 30.0 Å². The van der Waals surface area contributed by atoms with Crippen LogP contribution < -0.4 is 5.14 Å². The first-order valence-electron chi connectivity index (χ1n) is 10.2. The highest BCUT2D eigenvalue weighted by molar-refractivity contribution is 7.90. The van der Waals surface area contributed by atoms with Gasteiger partial charge in [0, 0.05) is 41.3 Å². The van der Waals surface area contributed by atoms with Crippen LogP contribution in [0.3, 0.4) is 0 Å². The molecule has 13 heteroatoms. The summed E-state index contributed by atoms with van der Waals surface area (Å²) in [5, 5.41) is 5.79. The Balaban J connectivity index is 1.92. The summed E-state index contributed by atoms with van der Waals surface area (Å²) in [7, 11) is -7.23. The standard InChI is InChI=1S/C22H21F3N4O4S2/c1-14-21(19-12-28(13-27-19)9-10-34(2,30)31)18-11-17(35(26,32)33)7-8-20(18)29(14)16-5-3-15(4-6-16)22(23,24)25/h3-8,11-13H,9-10H2,1-2H3,(H2,26,32,33). The first-order valence-corrected chi connectivity index (χ1v) is 13.8. The van der Waals surface area contributed by atoms with Crippen molar-refractivity contribution in [3.63, 3.8) is 0 Å². The second-order valence-corrected chi connectivity index (χ2v) is 12.0. The smallest absolute Gasteiger partial charge is 0.336 e. The number of benzene rings is 2. The number of sulfonamides is 1. The van der Waals surface area contributed by atoms with E-state index < -0.39 is 31.6 Å². The van der Waals surface area contributed by atoms with Crippen molar-refractivity contribution in [1.82, 2.24) is 14.1 Å². The molecule has 0 amide bonds. The van der Waals surface area contributed by atoms with Crippen LogP contribution >= 0.6 is 0 Å². The van der Waals surface area contributed by atoms with Gasteiger partial charge in [0.25, 0.3) is 0 Å². The highest BCUT2D eigenvalue weighted by atomic mass is 32.2. The number of halogens is 3. The summed E-state index contributed by atoms with van der Waals surface area (Å²) in [5.74, 6) is -0.0926. The fraction of sp³-hybridized carbons (Fsp3) is 0.227. The third-order valence-corrected chi connectivity index (χ3v) is 7.40. The van der Waals surface area contributed by atoms with Gasteiger partial charge in [-0.3, -0.25) is 0 Å². The predicted molar refractivity (Wildman–Crippen MR) is 125 cm³/mol. The number of primary sulfonamides is 1. The lowest BCUT2D eigenvalue weighted by atomic mass is 10.1. The van der Waals surface area contributed by atoms with Gasteiger partial charge in [-0.15, -0.1) is 0 Å². The van der Waals surface area contributed by atoms with Crippen LogP contribution in [-0.4, -0.2) is 43.0 Å². The van der Waals surface area contributed by atoms with Crippen LogP contribution in [0.15, 0.2) is 59.9 Å². The Labute approximate surface area is 199 Å². The molecule has 0 unspecified atom stereocenters. The summed E-state index contributed by atoms with van der Waals surface area (Å²) in [4.78, 5) is 4.24. The fourth-order valence-corrected chi connectivity index (χ4v) is 5.00. The van der Waals surface area contributed by atoms with Gasteiger partial charge < -0.3 is 9.13 Å². The number of alkyl halides is 3. The molecular formula is C22H21F3N4O4S2. The van der Waals surface area contributed by atoms with Crippen LogP contribution in [0.25, 0.3) is 27.8 Å². The van der Waals surface area contributed by atoms with E-state index >= 15 is 0 Å². The Morgan fingerprint density at radius 2 is 1.69 bits per heavy atom. The van der Waals surface area contributed by atoms with E-state index in [1.54, 1.807) is 22.3 Å². The van der Waals surface area contributed by atoms with Crippen molar-refractivity contribution in [2.75, 3.05) is 12.0 Å². The quantitative estimate of drug-likeness (QED) is 0.413. The number of aromatic nitrogens is 3. The molecule has 0 aliphatic rings. The second kappa shape index (κ2) is 8.50. The zero-order valence-corrected chi connectivity index (χ0v) is 20.2. The molecule has 4 rings (SSSR count). The number of aryl methyl sites for hydroxylation is 1. The molecule has 35 heavy (non-hydrogen) atoms. The first kappa shape index (κ1) is 24.9. The van der Waals surface area contributed by atoms with Gasteiger partial charge in [-0.2, -0.15) is 13.2 Å². The van der Waals surface area contributed by atoms with Gasteiger partial charge in [0.15, 0.2) is 0 Å². The van der Waals surface area contributed by atoms with Gasteiger partial charge in [-0.1, -0.05) is 0 Å². The summed E-state index contributed by atoms with van der Waals surface area (Å²) in [6, 6.07) is 8.85. The number of imidazole rings is 1. The molecule has 8 nitrogen and oxygen atoms in total. The van der Waals surface area contributed by atoms with Gasteiger partial charge >= 0.3 is 6.18 Å². The molecule has 0 aliphatic carbocycles. The summed E-state index contributed by atoms with van der Waals surface area (Å²) in [6.45, 7) is 1.91. The number of hydrogen-bond donors (Lipinski definition) is 1. The maximum atomic E-state index is 13.1. The third kappa shape index (κ3) is 5.11. The number of nitrogens with two attached hydrogens (primary N) is 1. The highest BCUT2D eigenvalue weighted by Crippen LogP contribution is 2.38. The summed E-state index contributed by atoms with van der Waals surface area (Å²) < 4.78 is 89.5. The first-order chi connectivity index (χ1) is 16.1. The minimum Gasteiger partial charge on any atom is -0.336 e. The maximum absolute atomic E-state index is 13.1. The Bertz CT molecular complexity index is 1640. The second-order valence-electron chi connectivity index (χ2n) is 8.19. The van der Waals surface area contributed by atoms with Crippen molar-refractivity contribution in [3.05, 3.63) is 66.2 Å². The molecule has 0 aliphatic heterocycles. The topological polar surface area (TPSA) is 117 Å². The zero-order valence-electron chi connectivity index (χ0n) is 18.6. The van der Waals surface area contributed by atoms with E-state index in [-0.39, 0.29) is 17.2 Å². The van der Waals surface area contributed by atoms with Crippen LogP contribution in [0, 0.1) is 6.92 Å². The van der Waals surface area contributed by atoms with E-state index in [1.807, 2.05) is 0 Å². The molecule has 4 aromatic rings. The third-order valence-electron chi connectivity index (χ3n) is 5.57. The van der Waals surface area contributed by atoms with Gasteiger partial charge in [-0.05, 0) is 49.4 Å². The highest BCUT2D eigenvalue weighted by Gasteiger charge is 2.30. The molecule has 0 bridgehead atoms. The van der Waals surface area contributed by atoms with E-state index in [0.717, 1.165) is 18.4 Å². The van der Waals surface area contributed by atoms with Crippen molar-refractivity contribution >= 4 is 30.8 Å². The fourth-order valence-electron chi connectivity index (χ4n) is 3.91. The van der Waals surface area contributed by atoms with Gasteiger partial charge in [-0.25, -0.2) is 27.0 Å². The van der Waals surface area contributed by atoms with Crippen molar-refractivity contribution < 1.29 is 30.0 Å². The Kier molecular flexibility index (Phi) is 6.06. The van der Waals surface area contributed by atoms with Gasteiger partial charge in [0.1, 0.15) is 9.84 Å². The monoisotopic (exact) mass is 526 g/mol. The van der Waals surface area contributed by atoms with Gasteiger partial charge in [0.2, 0.25) is 10.0 Å². The summed E-state index contributed by atoms with van der Waals surface area (Å²) >= 11 is 0. The zero-order chi connectivity index (χ0) is 25.8. The van der Waals surface area contributed by atoms with Crippen molar-refractivity contribution in [2.45, 2.75) is 24.5 Å².